The average Bonchev–Trinajstić information content (AvgIpc) is 2.94. The molecule has 3 aliphatic rings. The molecule has 3 heterocycles. The van der Waals surface area contributed by atoms with Gasteiger partial charge in [0.05, 0.1) is 6.61 Å². The molecule has 0 N–H and O–H groups in total. The van der Waals surface area contributed by atoms with Crippen molar-refractivity contribution in [2.24, 2.45) is 0 Å². The van der Waals surface area contributed by atoms with Crippen LogP contribution >= 0.6 is 11.6 Å². The lowest BCUT2D eigenvalue weighted by Gasteiger charge is -2.34. The van der Waals surface area contributed by atoms with Crippen LogP contribution in [0.4, 0.5) is 0 Å². The zero-order valence-electron chi connectivity index (χ0n) is 11.6. The summed E-state index contributed by atoms with van der Waals surface area (Å²) in [4.78, 5) is 11.8. The van der Waals surface area contributed by atoms with Gasteiger partial charge in [0.1, 0.15) is 11.3 Å². The minimum Gasteiger partial charge on any atom is -0.367 e. The van der Waals surface area contributed by atoms with Crippen molar-refractivity contribution in [2.45, 2.75) is 50.7 Å². The van der Waals surface area contributed by atoms with Crippen LogP contribution in [0.25, 0.3) is 0 Å². The predicted molar refractivity (Wildman–Crippen MR) is 77.0 cm³/mol. The predicted octanol–water partition coefficient (Wildman–Crippen LogP) is 2.54. The Hall–Kier alpha value is -0.710. The SMILES string of the molecule is Clc1nc(C2CN3CCCC3CO2)nc2c1CCCC2. The van der Waals surface area contributed by atoms with E-state index in [1.54, 1.807) is 0 Å². The highest BCUT2D eigenvalue weighted by molar-refractivity contribution is 6.30. The molecular formula is C15H20ClN3O. The lowest BCUT2D eigenvalue weighted by Crippen LogP contribution is -2.43. The molecule has 0 bridgehead atoms. The van der Waals surface area contributed by atoms with Crippen molar-refractivity contribution in [3.05, 3.63) is 22.2 Å². The number of morpholine rings is 1. The standard InChI is InChI=1S/C15H20ClN3O/c16-14-11-5-1-2-6-12(11)17-15(18-14)13-8-19-7-3-4-10(19)9-20-13/h10,13H,1-9H2. The van der Waals surface area contributed by atoms with Gasteiger partial charge in [-0.1, -0.05) is 11.6 Å². The zero-order chi connectivity index (χ0) is 13.5. The van der Waals surface area contributed by atoms with Gasteiger partial charge in [-0.3, -0.25) is 4.90 Å². The number of aromatic nitrogens is 2. The topological polar surface area (TPSA) is 38.2 Å². The summed E-state index contributed by atoms with van der Waals surface area (Å²) in [6, 6.07) is 0.611. The molecule has 2 unspecified atom stereocenters. The van der Waals surface area contributed by atoms with E-state index in [0.29, 0.717) is 11.2 Å². The van der Waals surface area contributed by atoms with Crippen LogP contribution in [-0.2, 0) is 17.6 Å². The summed E-state index contributed by atoms with van der Waals surface area (Å²) in [6.07, 6.45) is 7.00. The zero-order valence-corrected chi connectivity index (χ0v) is 12.4. The number of fused-ring (bicyclic) bond motifs is 2. The quantitative estimate of drug-likeness (QED) is 0.746. The first-order chi connectivity index (χ1) is 9.81. The van der Waals surface area contributed by atoms with Crippen molar-refractivity contribution >= 4 is 11.6 Å². The normalized spacial score (nSPS) is 30.1. The Kier molecular flexibility index (Phi) is 3.41. The Balaban J connectivity index is 1.60. The second-order valence-corrected chi connectivity index (χ2v) is 6.48. The summed E-state index contributed by atoms with van der Waals surface area (Å²) in [5.41, 5.74) is 2.31. The number of rotatable bonds is 1. The van der Waals surface area contributed by atoms with Crippen LogP contribution in [0.2, 0.25) is 5.15 Å². The molecule has 0 saturated carbocycles. The number of nitrogens with zero attached hydrogens (tertiary/aromatic N) is 3. The van der Waals surface area contributed by atoms with Gasteiger partial charge < -0.3 is 4.74 Å². The van der Waals surface area contributed by atoms with E-state index in [1.165, 1.54) is 32.2 Å². The molecule has 4 nitrogen and oxygen atoms in total. The second-order valence-electron chi connectivity index (χ2n) is 6.12. The minimum atomic E-state index is -0.00548. The number of hydrogen-bond donors (Lipinski definition) is 0. The van der Waals surface area contributed by atoms with Gasteiger partial charge in [-0.05, 0) is 45.1 Å². The lowest BCUT2D eigenvalue weighted by atomic mass is 9.97. The van der Waals surface area contributed by atoms with Crippen LogP contribution in [0, 0.1) is 0 Å². The highest BCUT2D eigenvalue weighted by atomic mass is 35.5. The van der Waals surface area contributed by atoms with Gasteiger partial charge >= 0.3 is 0 Å². The van der Waals surface area contributed by atoms with Crippen LogP contribution in [0.5, 0.6) is 0 Å². The van der Waals surface area contributed by atoms with E-state index in [9.17, 15) is 0 Å². The van der Waals surface area contributed by atoms with E-state index < -0.39 is 0 Å². The monoisotopic (exact) mass is 293 g/mol. The number of halogens is 1. The van der Waals surface area contributed by atoms with Crippen molar-refractivity contribution < 1.29 is 4.74 Å². The largest absolute Gasteiger partial charge is 0.367 e. The summed E-state index contributed by atoms with van der Waals surface area (Å²) in [6.45, 7) is 2.91. The molecule has 0 spiro atoms. The van der Waals surface area contributed by atoms with Crippen LogP contribution in [0.15, 0.2) is 0 Å². The second kappa shape index (κ2) is 5.24. The maximum atomic E-state index is 6.36. The molecule has 2 atom stereocenters. The average molecular weight is 294 g/mol. The minimum absolute atomic E-state index is 0.00548. The maximum Gasteiger partial charge on any atom is 0.160 e. The molecule has 0 amide bonds. The summed E-state index contributed by atoms with van der Waals surface area (Å²) in [5, 5.41) is 0.650. The first-order valence-corrected chi connectivity index (χ1v) is 8.10. The fraction of sp³-hybridized carbons (Fsp3) is 0.733. The van der Waals surface area contributed by atoms with Crippen LogP contribution in [-0.4, -0.2) is 40.6 Å². The smallest absolute Gasteiger partial charge is 0.160 e. The van der Waals surface area contributed by atoms with Crippen LogP contribution in [0.1, 0.15) is 48.9 Å². The van der Waals surface area contributed by atoms with Gasteiger partial charge in [0.15, 0.2) is 5.82 Å². The summed E-state index contributed by atoms with van der Waals surface area (Å²) in [5.74, 6) is 0.793. The van der Waals surface area contributed by atoms with Gasteiger partial charge in [0.25, 0.3) is 0 Å². The molecule has 2 fully saturated rings. The Morgan fingerprint density at radius 3 is 3.00 bits per heavy atom. The van der Waals surface area contributed by atoms with Crippen molar-refractivity contribution in [3.63, 3.8) is 0 Å². The number of hydrogen-bond acceptors (Lipinski definition) is 4. The van der Waals surface area contributed by atoms with Gasteiger partial charge in [-0.15, -0.1) is 0 Å². The van der Waals surface area contributed by atoms with E-state index in [2.05, 4.69) is 9.88 Å². The molecule has 108 valence electrons. The van der Waals surface area contributed by atoms with E-state index >= 15 is 0 Å². The van der Waals surface area contributed by atoms with Gasteiger partial charge in [-0.2, -0.15) is 0 Å². The third-order valence-electron chi connectivity index (χ3n) is 4.83. The first kappa shape index (κ1) is 13.0. The van der Waals surface area contributed by atoms with Crippen molar-refractivity contribution in [2.75, 3.05) is 19.7 Å². The van der Waals surface area contributed by atoms with Crippen LogP contribution in [0.3, 0.4) is 0 Å². The summed E-state index contributed by atoms with van der Waals surface area (Å²) < 4.78 is 6.00. The third-order valence-corrected chi connectivity index (χ3v) is 5.14. The van der Waals surface area contributed by atoms with Crippen LogP contribution < -0.4 is 0 Å². The van der Waals surface area contributed by atoms with Gasteiger partial charge in [0.2, 0.25) is 0 Å². The molecule has 2 saturated heterocycles. The number of ether oxygens (including phenoxy) is 1. The van der Waals surface area contributed by atoms with E-state index in [0.717, 1.165) is 43.1 Å². The fourth-order valence-electron chi connectivity index (χ4n) is 3.68. The molecule has 20 heavy (non-hydrogen) atoms. The van der Waals surface area contributed by atoms with E-state index in [1.807, 2.05) is 0 Å². The first-order valence-electron chi connectivity index (χ1n) is 7.72. The maximum absolute atomic E-state index is 6.36. The molecule has 4 rings (SSSR count). The summed E-state index contributed by atoms with van der Waals surface area (Å²) >= 11 is 6.36. The third kappa shape index (κ3) is 2.24. The fourth-order valence-corrected chi connectivity index (χ4v) is 3.97. The lowest BCUT2D eigenvalue weighted by molar-refractivity contribution is -0.0542. The molecule has 1 aromatic rings. The molecule has 5 heteroatoms. The van der Waals surface area contributed by atoms with Crippen molar-refractivity contribution in [3.8, 4) is 0 Å². The van der Waals surface area contributed by atoms with E-state index in [4.69, 9.17) is 21.3 Å². The molecule has 2 aliphatic heterocycles. The van der Waals surface area contributed by atoms with Gasteiger partial charge in [-0.25, -0.2) is 9.97 Å². The number of aryl methyl sites for hydroxylation is 1. The Bertz CT molecular complexity index is 522. The Morgan fingerprint density at radius 1 is 1.15 bits per heavy atom. The molecule has 0 aromatic carbocycles. The van der Waals surface area contributed by atoms with Crippen molar-refractivity contribution in [1.29, 1.82) is 0 Å². The van der Waals surface area contributed by atoms with E-state index in [-0.39, 0.29) is 6.10 Å². The summed E-state index contributed by atoms with van der Waals surface area (Å²) in [7, 11) is 0. The Morgan fingerprint density at radius 2 is 2.05 bits per heavy atom. The van der Waals surface area contributed by atoms with Crippen molar-refractivity contribution in [1.82, 2.24) is 14.9 Å². The molecule has 1 aliphatic carbocycles. The Labute approximate surface area is 124 Å². The highest BCUT2D eigenvalue weighted by Gasteiger charge is 2.34. The molecule has 0 radical (unpaired) electrons. The van der Waals surface area contributed by atoms with Gasteiger partial charge in [0, 0.05) is 23.8 Å². The molecule has 1 aromatic heterocycles. The highest BCUT2D eigenvalue weighted by Crippen LogP contribution is 2.31. The molecular weight excluding hydrogens is 274 g/mol.